The first-order chi connectivity index (χ1) is 11.1. The first-order valence-corrected chi connectivity index (χ1v) is 8.03. The number of rotatable bonds is 3. The van der Waals surface area contributed by atoms with Gasteiger partial charge in [0, 0.05) is 6.54 Å². The Labute approximate surface area is 141 Å². The second-order valence-corrected chi connectivity index (χ2v) is 6.18. The topological polar surface area (TPSA) is 34.4 Å². The van der Waals surface area contributed by atoms with Crippen LogP contribution < -0.4 is 4.80 Å². The highest BCUT2D eigenvalue weighted by Crippen LogP contribution is 2.25. The zero-order valence-electron chi connectivity index (χ0n) is 12.0. The summed E-state index contributed by atoms with van der Waals surface area (Å²) in [5.74, 6) is -1.21. The molecular weight excluding hydrogens is 335 g/mol. The van der Waals surface area contributed by atoms with Crippen LogP contribution in [0, 0.1) is 5.82 Å². The maximum absolute atomic E-state index is 13.7. The Balaban J connectivity index is 2.21. The second kappa shape index (κ2) is 6.48. The molecule has 0 aliphatic heterocycles. The van der Waals surface area contributed by atoms with Gasteiger partial charge in [0.25, 0.3) is 5.91 Å². The lowest BCUT2D eigenvalue weighted by molar-refractivity contribution is 0.0994. The fourth-order valence-electron chi connectivity index (χ4n) is 2.25. The number of benzene rings is 2. The number of carbonyl (C=O) groups excluding carboxylic acids is 1. The Bertz CT molecular complexity index is 974. The number of fused-ring (bicyclic) bond motifs is 1. The van der Waals surface area contributed by atoms with Crippen molar-refractivity contribution in [3.63, 3.8) is 0 Å². The van der Waals surface area contributed by atoms with Crippen molar-refractivity contribution in [2.75, 3.05) is 0 Å². The molecule has 0 bridgehead atoms. The molecule has 2 aromatic carbocycles. The Morgan fingerprint density at radius 3 is 2.83 bits per heavy atom. The number of thiazole rings is 1. The number of hydrogen-bond acceptors (Lipinski definition) is 2. The van der Waals surface area contributed by atoms with E-state index < -0.39 is 11.7 Å². The molecule has 0 aliphatic rings. The predicted octanol–water partition coefficient (Wildman–Crippen LogP) is 4.42. The number of para-hydroxylation sites is 1. The third kappa shape index (κ3) is 2.98. The monoisotopic (exact) mass is 346 g/mol. The molecular formula is C17H12ClFN2OS. The van der Waals surface area contributed by atoms with Crippen molar-refractivity contribution in [2.45, 2.75) is 6.54 Å². The van der Waals surface area contributed by atoms with Gasteiger partial charge in [0.1, 0.15) is 5.82 Å². The summed E-state index contributed by atoms with van der Waals surface area (Å²) in [6, 6.07) is 11.3. The largest absolute Gasteiger partial charge is 0.311 e. The Morgan fingerprint density at radius 2 is 2.09 bits per heavy atom. The summed E-state index contributed by atoms with van der Waals surface area (Å²) in [6.07, 6.45) is 1.70. The van der Waals surface area contributed by atoms with Gasteiger partial charge in [-0.15, -0.1) is 6.58 Å². The predicted molar refractivity (Wildman–Crippen MR) is 91.3 cm³/mol. The lowest BCUT2D eigenvalue weighted by Crippen LogP contribution is -2.16. The summed E-state index contributed by atoms with van der Waals surface area (Å²) in [5.41, 5.74) is 0.736. The van der Waals surface area contributed by atoms with Crippen LogP contribution in [0.2, 0.25) is 5.02 Å². The Kier molecular flexibility index (Phi) is 4.41. The molecule has 1 aromatic heterocycles. The second-order valence-electron chi connectivity index (χ2n) is 4.77. The number of allylic oxidation sites excluding steroid dienone is 1. The van der Waals surface area contributed by atoms with Gasteiger partial charge in [0.2, 0.25) is 0 Å². The van der Waals surface area contributed by atoms with E-state index in [9.17, 15) is 9.18 Å². The molecule has 23 heavy (non-hydrogen) atoms. The van der Waals surface area contributed by atoms with Gasteiger partial charge in [-0.05, 0) is 24.3 Å². The molecule has 0 unspecified atom stereocenters. The lowest BCUT2D eigenvalue weighted by atomic mass is 10.2. The maximum Gasteiger partial charge on any atom is 0.282 e. The fourth-order valence-corrected chi connectivity index (χ4v) is 3.65. The third-order valence-corrected chi connectivity index (χ3v) is 4.61. The van der Waals surface area contributed by atoms with Gasteiger partial charge >= 0.3 is 0 Å². The van der Waals surface area contributed by atoms with Crippen molar-refractivity contribution in [3.8, 4) is 0 Å². The molecule has 6 heteroatoms. The Morgan fingerprint density at radius 1 is 1.30 bits per heavy atom. The maximum atomic E-state index is 13.7. The van der Waals surface area contributed by atoms with E-state index in [1.807, 2.05) is 12.1 Å². The van der Waals surface area contributed by atoms with Crippen LogP contribution in [0.5, 0.6) is 0 Å². The van der Waals surface area contributed by atoms with Crippen molar-refractivity contribution in [1.29, 1.82) is 0 Å². The minimum absolute atomic E-state index is 0.0544. The normalized spacial score (nSPS) is 11.8. The molecule has 3 rings (SSSR count). The van der Waals surface area contributed by atoms with Crippen LogP contribution in [0.3, 0.4) is 0 Å². The van der Waals surface area contributed by atoms with Crippen molar-refractivity contribution in [1.82, 2.24) is 4.57 Å². The van der Waals surface area contributed by atoms with E-state index in [-0.39, 0.29) is 5.56 Å². The first kappa shape index (κ1) is 15.6. The summed E-state index contributed by atoms with van der Waals surface area (Å²) in [5, 5.41) is 0.570. The number of halogens is 2. The molecule has 0 aliphatic carbocycles. The van der Waals surface area contributed by atoms with Crippen LogP contribution in [-0.4, -0.2) is 10.5 Å². The van der Waals surface area contributed by atoms with Crippen molar-refractivity contribution >= 4 is 39.1 Å². The van der Waals surface area contributed by atoms with E-state index in [2.05, 4.69) is 11.6 Å². The number of hydrogen-bond donors (Lipinski definition) is 0. The molecule has 0 atom stereocenters. The van der Waals surface area contributed by atoms with Crippen LogP contribution in [0.15, 0.2) is 60.1 Å². The van der Waals surface area contributed by atoms with Crippen molar-refractivity contribution < 1.29 is 9.18 Å². The van der Waals surface area contributed by atoms with E-state index in [0.29, 0.717) is 16.4 Å². The van der Waals surface area contributed by atoms with Gasteiger partial charge in [-0.2, -0.15) is 4.99 Å². The smallest absolute Gasteiger partial charge is 0.282 e. The number of carbonyl (C=O) groups is 1. The van der Waals surface area contributed by atoms with E-state index in [0.717, 1.165) is 10.2 Å². The molecule has 0 N–H and O–H groups in total. The highest BCUT2D eigenvalue weighted by Gasteiger charge is 2.13. The number of nitrogens with zero attached hydrogens (tertiary/aromatic N) is 2. The van der Waals surface area contributed by atoms with Crippen LogP contribution in [-0.2, 0) is 6.54 Å². The van der Waals surface area contributed by atoms with Crippen LogP contribution in [0.25, 0.3) is 10.2 Å². The minimum Gasteiger partial charge on any atom is -0.311 e. The quantitative estimate of drug-likeness (QED) is 0.646. The van der Waals surface area contributed by atoms with Gasteiger partial charge in [-0.3, -0.25) is 4.79 Å². The summed E-state index contributed by atoms with van der Waals surface area (Å²) in [6.45, 7) is 4.17. The van der Waals surface area contributed by atoms with Gasteiger partial charge in [0.05, 0.1) is 20.8 Å². The number of amides is 1. The highest BCUT2D eigenvalue weighted by atomic mass is 35.5. The standard InChI is InChI=1S/C17H12ClFN2OS/c1-2-10-21-15-12(18)7-5-9-14(15)23-17(21)20-16(22)11-6-3-4-8-13(11)19/h2-9H,1,10H2. The van der Waals surface area contributed by atoms with Crippen LogP contribution >= 0.6 is 22.9 Å². The number of aromatic nitrogens is 1. The van der Waals surface area contributed by atoms with E-state index in [1.165, 1.54) is 29.5 Å². The van der Waals surface area contributed by atoms with E-state index in [4.69, 9.17) is 11.6 Å². The van der Waals surface area contributed by atoms with Gasteiger partial charge in [0.15, 0.2) is 4.80 Å². The minimum atomic E-state index is -0.622. The van der Waals surface area contributed by atoms with Crippen molar-refractivity contribution in [3.05, 3.63) is 76.3 Å². The average Bonchev–Trinajstić information content (AvgIpc) is 2.87. The molecule has 0 spiro atoms. The molecule has 0 saturated heterocycles. The zero-order chi connectivity index (χ0) is 16.4. The highest BCUT2D eigenvalue weighted by molar-refractivity contribution is 7.16. The van der Waals surface area contributed by atoms with Gasteiger partial charge in [-0.25, -0.2) is 4.39 Å². The summed E-state index contributed by atoms with van der Waals surface area (Å²) in [7, 11) is 0. The summed E-state index contributed by atoms with van der Waals surface area (Å²) < 4.78 is 16.4. The molecule has 1 heterocycles. The van der Waals surface area contributed by atoms with E-state index in [1.54, 1.807) is 22.8 Å². The van der Waals surface area contributed by atoms with Crippen LogP contribution in [0.4, 0.5) is 4.39 Å². The zero-order valence-corrected chi connectivity index (χ0v) is 13.6. The SMILES string of the molecule is C=CCn1c(=NC(=O)c2ccccc2F)sc2cccc(Cl)c21. The van der Waals surface area contributed by atoms with Crippen LogP contribution in [0.1, 0.15) is 10.4 Å². The first-order valence-electron chi connectivity index (χ1n) is 6.84. The molecule has 0 fully saturated rings. The summed E-state index contributed by atoms with van der Waals surface area (Å²) >= 11 is 7.58. The molecule has 3 nitrogen and oxygen atoms in total. The molecule has 0 radical (unpaired) electrons. The lowest BCUT2D eigenvalue weighted by Gasteiger charge is -2.02. The van der Waals surface area contributed by atoms with E-state index >= 15 is 0 Å². The van der Waals surface area contributed by atoms with Gasteiger partial charge in [-0.1, -0.05) is 47.2 Å². The molecule has 3 aromatic rings. The summed E-state index contributed by atoms with van der Waals surface area (Å²) in [4.78, 5) is 16.8. The Hall–Kier alpha value is -2.24. The third-order valence-electron chi connectivity index (χ3n) is 3.26. The molecule has 116 valence electrons. The van der Waals surface area contributed by atoms with Crippen molar-refractivity contribution in [2.24, 2.45) is 4.99 Å². The average molecular weight is 347 g/mol. The molecule has 1 amide bonds. The molecule has 0 saturated carbocycles. The fraction of sp³-hybridized carbons (Fsp3) is 0.0588. The van der Waals surface area contributed by atoms with Gasteiger partial charge < -0.3 is 4.57 Å².